The van der Waals surface area contributed by atoms with Gasteiger partial charge in [-0.1, -0.05) is 0 Å². The number of sulfonamides is 1. The molecule has 0 amide bonds. The Labute approximate surface area is 102 Å². The zero-order valence-corrected chi connectivity index (χ0v) is 11.0. The van der Waals surface area contributed by atoms with E-state index in [9.17, 15) is 8.42 Å². The Bertz CT molecular complexity index is 491. The van der Waals surface area contributed by atoms with Crippen molar-refractivity contribution in [1.82, 2.24) is 8.87 Å². The van der Waals surface area contributed by atoms with Gasteiger partial charge < -0.3 is 10.3 Å². The number of hydrogen-bond donors (Lipinski definition) is 1. The maximum Gasteiger partial charge on any atom is 0.244 e. The molecule has 0 radical (unpaired) electrons. The molecule has 96 valence electrons. The zero-order valence-electron chi connectivity index (χ0n) is 10.2. The molecule has 17 heavy (non-hydrogen) atoms. The molecule has 1 aromatic rings. The third-order valence-electron chi connectivity index (χ3n) is 3.36. The monoisotopic (exact) mass is 257 g/mol. The standard InChI is InChI=1S/C11H19N3O2S/c1-13-6-5-10(8-13)17(15,16)14(2)11(7-12)9-3-4-9/h5-6,8-9,11H,3-4,7,12H2,1-2H3. The van der Waals surface area contributed by atoms with Crippen molar-refractivity contribution >= 4 is 10.0 Å². The van der Waals surface area contributed by atoms with Crippen LogP contribution >= 0.6 is 0 Å². The molecule has 1 atom stereocenters. The summed E-state index contributed by atoms with van der Waals surface area (Å²) >= 11 is 0. The molecular weight excluding hydrogens is 238 g/mol. The van der Waals surface area contributed by atoms with Crippen LogP contribution in [0, 0.1) is 5.92 Å². The number of aryl methyl sites for hydroxylation is 1. The molecule has 0 bridgehead atoms. The second-order valence-corrected chi connectivity index (χ2v) is 6.67. The van der Waals surface area contributed by atoms with Crippen LogP contribution in [0.15, 0.2) is 23.4 Å². The molecule has 0 aromatic carbocycles. The highest BCUT2D eigenvalue weighted by atomic mass is 32.2. The average molecular weight is 257 g/mol. The van der Waals surface area contributed by atoms with Gasteiger partial charge in [-0.05, 0) is 24.8 Å². The van der Waals surface area contributed by atoms with Gasteiger partial charge in [0.05, 0.1) is 4.90 Å². The van der Waals surface area contributed by atoms with Gasteiger partial charge in [0.2, 0.25) is 10.0 Å². The van der Waals surface area contributed by atoms with Gasteiger partial charge in [-0.2, -0.15) is 4.31 Å². The fourth-order valence-electron chi connectivity index (χ4n) is 2.09. The van der Waals surface area contributed by atoms with E-state index in [1.165, 1.54) is 4.31 Å². The quantitative estimate of drug-likeness (QED) is 0.829. The molecule has 0 saturated heterocycles. The number of aromatic nitrogens is 1. The highest BCUT2D eigenvalue weighted by molar-refractivity contribution is 7.89. The highest BCUT2D eigenvalue weighted by Crippen LogP contribution is 2.36. The van der Waals surface area contributed by atoms with Gasteiger partial charge >= 0.3 is 0 Å². The van der Waals surface area contributed by atoms with E-state index in [1.54, 1.807) is 37.1 Å². The van der Waals surface area contributed by atoms with Gasteiger partial charge in [-0.15, -0.1) is 0 Å². The summed E-state index contributed by atoms with van der Waals surface area (Å²) in [6, 6.07) is 1.55. The molecule has 0 spiro atoms. The van der Waals surface area contributed by atoms with Crippen molar-refractivity contribution in [1.29, 1.82) is 0 Å². The van der Waals surface area contributed by atoms with Gasteiger partial charge in [0.15, 0.2) is 0 Å². The predicted octanol–water partition coefficient (Wildman–Crippen LogP) is 0.383. The van der Waals surface area contributed by atoms with E-state index >= 15 is 0 Å². The lowest BCUT2D eigenvalue weighted by Gasteiger charge is -2.25. The summed E-state index contributed by atoms with van der Waals surface area (Å²) in [4.78, 5) is 0.335. The molecule has 6 heteroatoms. The molecule has 2 rings (SSSR count). The maximum absolute atomic E-state index is 12.3. The Morgan fingerprint density at radius 1 is 1.59 bits per heavy atom. The first-order chi connectivity index (χ1) is 7.96. The predicted molar refractivity (Wildman–Crippen MR) is 65.9 cm³/mol. The summed E-state index contributed by atoms with van der Waals surface area (Å²) in [6.07, 6.45) is 5.51. The summed E-state index contributed by atoms with van der Waals surface area (Å²) in [7, 11) is 0.0271. The molecule has 1 aromatic heterocycles. The van der Waals surface area contributed by atoms with Crippen molar-refractivity contribution in [2.24, 2.45) is 18.7 Å². The molecule has 1 aliphatic rings. The molecule has 1 unspecified atom stereocenters. The first-order valence-electron chi connectivity index (χ1n) is 5.77. The van der Waals surface area contributed by atoms with E-state index in [1.807, 2.05) is 0 Å². The number of likely N-dealkylation sites (N-methyl/N-ethyl adjacent to an activating group) is 1. The first kappa shape index (κ1) is 12.6. The van der Waals surface area contributed by atoms with E-state index in [0.29, 0.717) is 17.4 Å². The topological polar surface area (TPSA) is 68.3 Å². The highest BCUT2D eigenvalue weighted by Gasteiger charge is 2.38. The van der Waals surface area contributed by atoms with Crippen molar-refractivity contribution < 1.29 is 8.42 Å². The minimum Gasteiger partial charge on any atom is -0.356 e. The van der Waals surface area contributed by atoms with Gasteiger partial charge in [0.25, 0.3) is 0 Å². The van der Waals surface area contributed by atoms with Crippen molar-refractivity contribution in [2.45, 2.75) is 23.8 Å². The summed E-state index contributed by atoms with van der Waals surface area (Å²) in [5, 5.41) is 0. The SMILES string of the molecule is CN(C(CN)C1CC1)S(=O)(=O)c1ccn(C)c1. The Morgan fingerprint density at radius 2 is 2.24 bits per heavy atom. The Balaban J connectivity index is 2.25. The number of nitrogens with zero attached hydrogens (tertiary/aromatic N) is 2. The number of nitrogens with two attached hydrogens (primary N) is 1. The van der Waals surface area contributed by atoms with Gasteiger partial charge in [0.1, 0.15) is 0 Å². The van der Waals surface area contributed by atoms with E-state index in [2.05, 4.69) is 0 Å². The van der Waals surface area contributed by atoms with Gasteiger partial charge in [-0.3, -0.25) is 0 Å². The van der Waals surface area contributed by atoms with Crippen LogP contribution in [0.4, 0.5) is 0 Å². The van der Waals surface area contributed by atoms with Crippen LogP contribution < -0.4 is 5.73 Å². The molecule has 1 aliphatic carbocycles. The third-order valence-corrected chi connectivity index (χ3v) is 5.22. The van der Waals surface area contributed by atoms with Crippen molar-refractivity contribution in [3.8, 4) is 0 Å². The lowest BCUT2D eigenvalue weighted by molar-refractivity contribution is 0.340. The molecule has 0 aliphatic heterocycles. The Kier molecular flexibility index (Phi) is 3.29. The average Bonchev–Trinajstić information content (AvgIpc) is 3.01. The van der Waals surface area contributed by atoms with Crippen LogP contribution in [0.25, 0.3) is 0 Å². The molecule has 2 N–H and O–H groups in total. The van der Waals surface area contributed by atoms with Crippen LogP contribution in [-0.2, 0) is 17.1 Å². The Morgan fingerprint density at radius 3 is 2.65 bits per heavy atom. The maximum atomic E-state index is 12.3. The lowest BCUT2D eigenvalue weighted by atomic mass is 10.2. The van der Waals surface area contributed by atoms with Crippen LogP contribution in [0.2, 0.25) is 0 Å². The van der Waals surface area contributed by atoms with Crippen LogP contribution in [-0.4, -0.2) is 36.9 Å². The van der Waals surface area contributed by atoms with E-state index in [4.69, 9.17) is 5.73 Å². The fraction of sp³-hybridized carbons (Fsp3) is 0.636. The van der Waals surface area contributed by atoms with E-state index in [-0.39, 0.29) is 6.04 Å². The second-order valence-electron chi connectivity index (χ2n) is 4.67. The minimum absolute atomic E-state index is 0.0693. The summed E-state index contributed by atoms with van der Waals surface area (Å²) < 4.78 is 27.8. The van der Waals surface area contributed by atoms with E-state index < -0.39 is 10.0 Å². The van der Waals surface area contributed by atoms with Crippen molar-refractivity contribution in [2.75, 3.05) is 13.6 Å². The first-order valence-corrected chi connectivity index (χ1v) is 7.21. The molecule has 1 heterocycles. The summed E-state index contributed by atoms with van der Waals surface area (Å²) in [5.41, 5.74) is 5.68. The largest absolute Gasteiger partial charge is 0.356 e. The van der Waals surface area contributed by atoms with E-state index in [0.717, 1.165) is 12.8 Å². The molecule has 1 saturated carbocycles. The summed E-state index contributed by atoms with van der Waals surface area (Å²) in [5.74, 6) is 0.434. The Hall–Kier alpha value is -0.850. The van der Waals surface area contributed by atoms with Gasteiger partial charge in [-0.25, -0.2) is 8.42 Å². The van der Waals surface area contributed by atoms with Crippen molar-refractivity contribution in [3.63, 3.8) is 0 Å². The smallest absolute Gasteiger partial charge is 0.244 e. The number of hydrogen-bond acceptors (Lipinski definition) is 3. The van der Waals surface area contributed by atoms with Crippen molar-refractivity contribution in [3.05, 3.63) is 18.5 Å². The van der Waals surface area contributed by atoms with Gasteiger partial charge in [0, 0.05) is 39.1 Å². The summed E-state index contributed by atoms with van der Waals surface area (Å²) in [6.45, 7) is 0.382. The van der Waals surface area contributed by atoms with Crippen LogP contribution in [0.5, 0.6) is 0 Å². The lowest BCUT2D eigenvalue weighted by Crippen LogP contribution is -2.43. The second kappa shape index (κ2) is 4.44. The molecule has 5 nitrogen and oxygen atoms in total. The third kappa shape index (κ3) is 2.38. The molecule has 1 fully saturated rings. The normalized spacial score (nSPS) is 18.6. The molecular formula is C11H19N3O2S. The number of rotatable bonds is 5. The minimum atomic E-state index is -3.40. The fourth-order valence-corrected chi connectivity index (χ4v) is 3.57. The van der Waals surface area contributed by atoms with Crippen LogP contribution in [0.3, 0.4) is 0 Å². The van der Waals surface area contributed by atoms with Crippen LogP contribution in [0.1, 0.15) is 12.8 Å². The zero-order chi connectivity index (χ0) is 12.6.